The van der Waals surface area contributed by atoms with Gasteiger partial charge in [0, 0.05) is 40.7 Å². The van der Waals surface area contributed by atoms with Crippen LogP contribution in [-0.2, 0) is 11.2 Å². The molecule has 126 valence electrons. The van der Waals surface area contributed by atoms with Crippen LogP contribution in [0, 0.1) is 5.82 Å². The lowest BCUT2D eigenvalue weighted by atomic mass is 10.2. The van der Waals surface area contributed by atoms with Crippen molar-refractivity contribution in [3.63, 3.8) is 0 Å². The Labute approximate surface area is 149 Å². The second-order valence-electron chi connectivity index (χ2n) is 5.40. The van der Waals surface area contributed by atoms with E-state index in [1.54, 1.807) is 35.7 Å². The smallest absolute Gasteiger partial charge is 0.244 e. The molecule has 0 radical (unpaired) electrons. The number of nitrogens with one attached hydrogen (secondary N) is 1. The minimum absolute atomic E-state index is 0.132. The van der Waals surface area contributed by atoms with Crippen molar-refractivity contribution in [2.24, 2.45) is 0 Å². The Kier molecular flexibility index (Phi) is 5.69. The Balaban J connectivity index is 1.51. The lowest BCUT2D eigenvalue weighted by Crippen LogP contribution is -2.23. The van der Waals surface area contributed by atoms with Crippen molar-refractivity contribution >= 4 is 23.3 Å². The van der Waals surface area contributed by atoms with Crippen LogP contribution in [0.1, 0.15) is 10.6 Å². The third-order valence-corrected chi connectivity index (χ3v) is 4.66. The first kappa shape index (κ1) is 17.0. The lowest BCUT2D eigenvalue weighted by molar-refractivity contribution is -0.116. The molecule has 0 aliphatic carbocycles. The Morgan fingerprint density at radius 1 is 1.12 bits per heavy atom. The highest BCUT2D eigenvalue weighted by Gasteiger charge is 2.02. The molecule has 1 amide bonds. The third kappa shape index (κ3) is 5.09. The fraction of sp³-hybridized carbons (Fsp3) is 0.100. The van der Waals surface area contributed by atoms with Gasteiger partial charge in [0.1, 0.15) is 5.82 Å². The zero-order valence-electron chi connectivity index (χ0n) is 13.5. The number of rotatable bonds is 6. The molecule has 3 rings (SSSR count). The average Bonchev–Trinajstić information content (AvgIpc) is 3.10. The largest absolute Gasteiger partial charge is 0.352 e. The number of carbonyl (C=O) groups is 1. The maximum absolute atomic E-state index is 13.0. The fourth-order valence-corrected chi connectivity index (χ4v) is 3.20. The maximum atomic E-state index is 13.0. The van der Waals surface area contributed by atoms with Gasteiger partial charge < -0.3 is 5.32 Å². The van der Waals surface area contributed by atoms with E-state index < -0.39 is 0 Å². The van der Waals surface area contributed by atoms with E-state index in [4.69, 9.17) is 0 Å². The molecule has 0 spiro atoms. The van der Waals surface area contributed by atoms with Gasteiger partial charge in [-0.3, -0.25) is 9.78 Å². The standard InChI is InChI=1S/C20H17FN2OS/c21-16-6-4-15(5-7-16)19-10-8-18(25-19)9-11-20(24)23-14-12-17-3-1-2-13-22-17/h1-11,13H,12,14H2,(H,23,24)/b11-9+. The zero-order valence-corrected chi connectivity index (χ0v) is 14.3. The van der Waals surface area contributed by atoms with E-state index in [1.807, 2.05) is 30.3 Å². The fourth-order valence-electron chi connectivity index (χ4n) is 2.29. The van der Waals surface area contributed by atoms with E-state index in [0.717, 1.165) is 21.0 Å². The molecule has 2 aromatic heterocycles. The number of halogens is 1. The van der Waals surface area contributed by atoms with E-state index in [0.29, 0.717) is 13.0 Å². The summed E-state index contributed by atoms with van der Waals surface area (Å²) in [6, 6.07) is 16.0. The summed E-state index contributed by atoms with van der Waals surface area (Å²) in [5, 5.41) is 2.84. The van der Waals surface area contributed by atoms with E-state index in [2.05, 4.69) is 10.3 Å². The molecule has 0 atom stereocenters. The highest BCUT2D eigenvalue weighted by molar-refractivity contribution is 7.16. The molecular weight excluding hydrogens is 335 g/mol. The molecule has 0 bridgehead atoms. The first-order valence-corrected chi connectivity index (χ1v) is 8.74. The molecular formula is C20H17FN2OS. The quantitative estimate of drug-likeness (QED) is 0.671. The molecule has 0 saturated carbocycles. The summed E-state index contributed by atoms with van der Waals surface area (Å²) in [6.07, 6.45) is 5.76. The monoisotopic (exact) mass is 352 g/mol. The van der Waals surface area contributed by atoms with Gasteiger partial charge in [-0.2, -0.15) is 0 Å². The van der Waals surface area contributed by atoms with Gasteiger partial charge in [0.15, 0.2) is 0 Å². The van der Waals surface area contributed by atoms with E-state index >= 15 is 0 Å². The summed E-state index contributed by atoms with van der Waals surface area (Å²) >= 11 is 1.56. The van der Waals surface area contributed by atoms with Crippen LogP contribution in [0.2, 0.25) is 0 Å². The van der Waals surface area contributed by atoms with Crippen LogP contribution in [0.15, 0.2) is 66.9 Å². The molecule has 0 aliphatic rings. The minimum Gasteiger partial charge on any atom is -0.352 e. The van der Waals surface area contributed by atoms with Gasteiger partial charge >= 0.3 is 0 Å². The summed E-state index contributed by atoms with van der Waals surface area (Å²) < 4.78 is 13.0. The van der Waals surface area contributed by atoms with Crippen LogP contribution in [-0.4, -0.2) is 17.4 Å². The number of thiophene rings is 1. The first-order chi connectivity index (χ1) is 12.2. The van der Waals surface area contributed by atoms with Gasteiger partial charge in [0.2, 0.25) is 5.91 Å². The van der Waals surface area contributed by atoms with Gasteiger partial charge in [-0.1, -0.05) is 18.2 Å². The highest BCUT2D eigenvalue weighted by Crippen LogP contribution is 2.28. The van der Waals surface area contributed by atoms with E-state index in [9.17, 15) is 9.18 Å². The first-order valence-electron chi connectivity index (χ1n) is 7.92. The predicted octanol–water partition coefficient (Wildman–Crippen LogP) is 4.32. The van der Waals surface area contributed by atoms with E-state index in [-0.39, 0.29) is 11.7 Å². The van der Waals surface area contributed by atoms with Crippen LogP contribution in [0.25, 0.3) is 16.5 Å². The number of nitrogens with zero attached hydrogens (tertiary/aromatic N) is 1. The van der Waals surface area contributed by atoms with Gasteiger partial charge in [0.05, 0.1) is 0 Å². The molecule has 3 aromatic rings. The molecule has 0 saturated heterocycles. The number of pyridine rings is 1. The molecule has 0 aliphatic heterocycles. The molecule has 1 N–H and O–H groups in total. The molecule has 3 nitrogen and oxygen atoms in total. The van der Waals surface area contributed by atoms with Crippen LogP contribution in [0.5, 0.6) is 0 Å². The number of benzene rings is 1. The van der Waals surface area contributed by atoms with Crippen molar-refractivity contribution in [2.45, 2.75) is 6.42 Å². The van der Waals surface area contributed by atoms with Crippen molar-refractivity contribution in [3.05, 3.63) is 83.3 Å². The normalized spacial score (nSPS) is 10.9. The van der Waals surface area contributed by atoms with Gasteiger partial charge in [0.25, 0.3) is 0 Å². The number of carbonyl (C=O) groups excluding carboxylic acids is 1. The zero-order chi connectivity index (χ0) is 17.5. The van der Waals surface area contributed by atoms with Crippen molar-refractivity contribution in [2.75, 3.05) is 6.54 Å². The van der Waals surface area contributed by atoms with Gasteiger partial charge in [-0.25, -0.2) is 4.39 Å². The third-order valence-electron chi connectivity index (χ3n) is 3.56. The number of hydrogen-bond donors (Lipinski definition) is 1. The Bertz CT molecular complexity index is 857. The number of aromatic nitrogens is 1. The maximum Gasteiger partial charge on any atom is 0.244 e. The van der Waals surface area contributed by atoms with Crippen LogP contribution >= 0.6 is 11.3 Å². The summed E-state index contributed by atoms with van der Waals surface area (Å²) in [7, 11) is 0. The second kappa shape index (κ2) is 8.35. The molecule has 5 heteroatoms. The second-order valence-corrected chi connectivity index (χ2v) is 6.52. The van der Waals surface area contributed by atoms with Gasteiger partial charge in [-0.05, 0) is 48.0 Å². The predicted molar refractivity (Wildman–Crippen MR) is 99.7 cm³/mol. The van der Waals surface area contributed by atoms with Crippen molar-refractivity contribution in [3.8, 4) is 10.4 Å². The summed E-state index contributed by atoms with van der Waals surface area (Å²) in [6.45, 7) is 0.547. The summed E-state index contributed by atoms with van der Waals surface area (Å²) in [5.41, 5.74) is 1.92. The summed E-state index contributed by atoms with van der Waals surface area (Å²) in [4.78, 5) is 18.1. The molecule has 1 aromatic carbocycles. The molecule has 0 unspecified atom stereocenters. The minimum atomic E-state index is -0.247. The molecule has 0 fully saturated rings. The summed E-state index contributed by atoms with van der Waals surface area (Å²) in [5.74, 6) is -0.379. The van der Waals surface area contributed by atoms with Crippen LogP contribution < -0.4 is 5.32 Å². The Hall–Kier alpha value is -2.79. The molecule has 2 heterocycles. The van der Waals surface area contributed by atoms with Gasteiger partial charge in [-0.15, -0.1) is 11.3 Å². The number of amides is 1. The van der Waals surface area contributed by atoms with Crippen LogP contribution in [0.3, 0.4) is 0 Å². The lowest BCUT2D eigenvalue weighted by Gasteiger charge is -2.01. The Morgan fingerprint density at radius 2 is 1.96 bits per heavy atom. The van der Waals surface area contributed by atoms with E-state index in [1.165, 1.54) is 18.2 Å². The SMILES string of the molecule is O=C(/C=C/c1ccc(-c2ccc(F)cc2)s1)NCCc1ccccn1. The number of hydrogen-bond acceptors (Lipinski definition) is 3. The van der Waals surface area contributed by atoms with Crippen molar-refractivity contribution < 1.29 is 9.18 Å². The van der Waals surface area contributed by atoms with Crippen molar-refractivity contribution in [1.82, 2.24) is 10.3 Å². The van der Waals surface area contributed by atoms with Crippen LogP contribution in [0.4, 0.5) is 4.39 Å². The topological polar surface area (TPSA) is 42.0 Å². The molecule has 25 heavy (non-hydrogen) atoms. The average molecular weight is 352 g/mol. The highest BCUT2D eigenvalue weighted by atomic mass is 32.1. The Morgan fingerprint density at radius 3 is 2.72 bits per heavy atom. The van der Waals surface area contributed by atoms with Crippen molar-refractivity contribution in [1.29, 1.82) is 0 Å².